The second-order valence-electron chi connectivity index (χ2n) is 4.12. The Morgan fingerprint density at radius 3 is 2.88 bits per heavy atom. The van der Waals surface area contributed by atoms with Crippen LogP contribution in [0.25, 0.3) is 0 Å². The lowest BCUT2D eigenvalue weighted by atomic mass is 10.3. The van der Waals surface area contributed by atoms with Crippen LogP contribution in [0, 0.1) is 0 Å². The summed E-state index contributed by atoms with van der Waals surface area (Å²) < 4.78 is 6.32. The molecule has 1 aromatic rings. The van der Waals surface area contributed by atoms with Crippen LogP contribution in [0.4, 0.5) is 0 Å². The normalized spacial score (nSPS) is 16.4. The van der Waals surface area contributed by atoms with Gasteiger partial charge in [-0.1, -0.05) is 11.6 Å². The molecule has 5 heteroatoms. The molecular weight excluding hydrogens is 305 g/mol. The van der Waals surface area contributed by atoms with Crippen molar-refractivity contribution in [1.82, 2.24) is 5.32 Å². The fraction of sp³-hybridized carbons (Fsp3) is 0.417. The fourth-order valence-corrected chi connectivity index (χ4v) is 2.14. The van der Waals surface area contributed by atoms with Crippen LogP contribution in [0.2, 0.25) is 5.02 Å². The predicted octanol–water partition coefficient (Wildman–Crippen LogP) is 3.15. The molecule has 0 unspecified atom stereocenters. The number of carbonyl (C=O) groups excluding carboxylic acids is 1. The maximum Gasteiger partial charge on any atom is 0.260 e. The van der Waals surface area contributed by atoms with Gasteiger partial charge >= 0.3 is 0 Å². The summed E-state index contributed by atoms with van der Waals surface area (Å²) in [7, 11) is 0. The van der Waals surface area contributed by atoms with E-state index >= 15 is 0 Å². The molecule has 0 radical (unpaired) electrons. The first-order valence-electron chi connectivity index (χ1n) is 5.48. The second-order valence-corrected chi connectivity index (χ2v) is 5.41. The van der Waals surface area contributed by atoms with E-state index in [0.29, 0.717) is 16.8 Å². The molecule has 1 N–H and O–H groups in total. The molecule has 1 aliphatic rings. The number of ether oxygens (including phenoxy) is 1. The Bertz CT molecular complexity index is 435. The minimum atomic E-state index is -0.506. The van der Waals surface area contributed by atoms with Gasteiger partial charge in [-0.05, 0) is 53.9 Å². The van der Waals surface area contributed by atoms with Crippen LogP contribution in [0.1, 0.15) is 19.8 Å². The van der Waals surface area contributed by atoms with E-state index in [-0.39, 0.29) is 5.91 Å². The highest BCUT2D eigenvalue weighted by Gasteiger charge is 2.26. The standard InChI is InChI=1S/C12H13BrClNO2/c1-7(12(16)15-9-3-4-9)17-11-5-2-8(14)6-10(11)13/h2,5-7,9H,3-4H2,1H3,(H,15,16)/t7-/m1/s1. The van der Waals surface area contributed by atoms with Crippen molar-refractivity contribution >= 4 is 33.4 Å². The molecule has 0 saturated heterocycles. The van der Waals surface area contributed by atoms with Crippen LogP contribution in [0.3, 0.4) is 0 Å². The lowest BCUT2D eigenvalue weighted by molar-refractivity contribution is -0.127. The van der Waals surface area contributed by atoms with Gasteiger partial charge in [0.15, 0.2) is 6.10 Å². The maximum atomic E-state index is 11.7. The molecule has 0 bridgehead atoms. The molecule has 0 heterocycles. The van der Waals surface area contributed by atoms with Crippen molar-refractivity contribution in [3.05, 3.63) is 27.7 Å². The van der Waals surface area contributed by atoms with Crippen molar-refractivity contribution in [1.29, 1.82) is 0 Å². The molecule has 2 rings (SSSR count). The summed E-state index contributed by atoms with van der Waals surface area (Å²) in [5.74, 6) is 0.544. The van der Waals surface area contributed by atoms with Gasteiger partial charge in [0.2, 0.25) is 0 Å². The van der Waals surface area contributed by atoms with Gasteiger partial charge in [0.05, 0.1) is 4.47 Å². The molecule has 0 spiro atoms. The molecule has 0 aliphatic heterocycles. The van der Waals surface area contributed by atoms with Gasteiger partial charge in [0.25, 0.3) is 5.91 Å². The summed E-state index contributed by atoms with van der Waals surface area (Å²) in [6.45, 7) is 1.73. The number of rotatable bonds is 4. The Labute approximate surface area is 114 Å². The molecule has 1 aliphatic carbocycles. The topological polar surface area (TPSA) is 38.3 Å². The molecule has 0 aromatic heterocycles. The third-order valence-electron chi connectivity index (χ3n) is 2.49. The SMILES string of the molecule is C[C@@H](Oc1ccc(Cl)cc1Br)C(=O)NC1CC1. The van der Waals surface area contributed by atoms with E-state index in [9.17, 15) is 4.79 Å². The second kappa shape index (κ2) is 5.27. The van der Waals surface area contributed by atoms with Gasteiger partial charge in [-0.2, -0.15) is 0 Å². The molecule has 17 heavy (non-hydrogen) atoms. The van der Waals surface area contributed by atoms with Crippen molar-refractivity contribution in [3.8, 4) is 5.75 Å². The van der Waals surface area contributed by atoms with Gasteiger partial charge in [-0.25, -0.2) is 0 Å². The number of hydrogen-bond acceptors (Lipinski definition) is 2. The van der Waals surface area contributed by atoms with E-state index in [1.807, 2.05) is 0 Å². The molecule has 3 nitrogen and oxygen atoms in total. The molecule has 1 saturated carbocycles. The molecule has 1 aromatic carbocycles. The van der Waals surface area contributed by atoms with E-state index < -0.39 is 6.10 Å². The molecule has 1 atom stereocenters. The van der Waals surface area contributed by atoms with Crippen molar-refractivity contribution in [2.45, 2.75) is 31.9 Å². The maximum absolute atomic E-state index is 11.7. The number of carbonyl (C=O) groups is 1. The highest BCUT2D eigenvalue weighted by molar-refractivity contribution is 9.10. The minimum Gasteiger partial charge on any atom is -0.480 e. The molecular formula is C12H13BrClNO2. The van der Waals surface area contributed by atoms with Crippen molar-refractivity contribution in [3.63, 3.8) is 0 Å². The van der Waals surface area contributed by atoms with Crippen LogP contribution >= 0.6 is 27.5 Å². The van der Waals surface area contributed by atoms with Crippen LogP contribution in [0.15, 0.2) is 22.7 Å². The third-order valence-corrected chi connectivity index (χ3v) is 3.35. The van der Waals surface area contributed by atoms with E-state index in [2.05, 4.69) is 21.2 Å². The van der Waals surface area contributed by atoms with Crippen LogP contribution in [-0.4, -0.2) is 18.1 Å². The number of nitrogens with one attached hydrogen (secondary N) is 1. The first-order chi connectivity index (χ1) is 8.06. The Morgan fingerprint density at radius 1 is 1.59 bits per heavy atom. The van der Waals surface area contributed by atoms with Gasteiger partial charge in [0, 0.05) is 11.1 Å². The smallest absolute Gasteiger partial charge is 0.260 e. The summed E-state index contributed by atoms with van der Waals surface area (Å²) in [4.78, 5) is 11.7. The van der Waals surface area contributed by atoms with E-state index in [1.165, 1.54) is 0 Å². The summed E-state index contributed by atoms with van der Waals surface area (Å²) >= 11 is 9.18. The quantitative estimate of drug-likeness (QED) is 0.926. The Hall–Kier alpha value is -0.740. The summed E-state index contributed by atoms with van der Waals surface area (Å²) in [6.07, 6.45) is 1.64. The van der Waals surface area contributed by atoms with Crippen molar-refractivity contribution < 1.29 is 9.53 Å². The molecule has 1 amide bonds. The largest absolute Gasteiger partial charge is 0.480 e. The zero-order valence-corrected chi connectivity index (χ0v) is 11.7. The van der Waals surface area contributed by atoms with E-state index in [0.717, 1.165) is 17.3 Å². The van der Waals surface area contributed by atoms with E-state index in [1.54, 1.807) is 25.1 Å². The van der Waals surface area contributed by atoms with Gasteiger partial charge in [-0.15, -0.1) is 0 Å². The van der Waals surface area contributed by atoms with Gasteiger partial charge in [0.1, 0.15) is 5.75 Å². The zero-order valence-electron chi connectivity index (χ0n) is 9.37. The van der Waals surface area contributed by atoms with Crippen LogP contribution < -0.4 is 10.1 Å². The first-order valence-corrected chi connectivity index (χ1v) is 6.65. The summed E-state index contributed by atoms with van der Waals surface area (Å²) in [5, 5.41) is 3.52. The number of halogens is 2. The zero-order chi connectivity index (χ0) is 12.4. The molecule has 92 valence electrons. The minimum absolute atomic E-state index is 0.0747. The lowest BCUT2D eigenvalue weighted by Gasteiger charge is -2.15. The fourth-order valence-electron chi connectivity index (χ4n) is 1.36. The van der Waals surface area contributed by atoms with Crippen LogP contribution in [-0.2, 0) is 4.79 Å². The average molecular weight is 319 g/mol. The Morgan fingerprint density at radius 2 is 2.29 bits per heavy atom. The van der Waals surface area contributed by atoms with Crippen molar-refractivity contribution in [2.75, 3.05) is 0 Å². The number of amides is 1. The first kappa shape index (κ1) is 12.7. The molecule has 1 fully saturated rings. The summed E-state index contributed by atoms with van der Waals surface area (Å²) in [5.41, 5.74) is 0. The number of hydrogen-bond donors (Lipinski definition) is 1. The average Bonchev–Trinajstić information content (AvgIpc) is 3.06. The van der Waals surface area contributed by atoms with Gasteiger partial charge < -0.3 is 10.1 Å². The van der Waals surface area contributed by atoms with Crippen molar-refractivity contribution in [2.24, 2.45) is 0 Å². The summed E-state index contributed by atoms with van der Waals surface area (Å²) in [6, 6.07) is 5.56. The highest BCUT2D eigenvalue weighted by Crippen LogP contribution is 2.29. The predicted molar refractivity (Wildman–Crippen MR) is 70.4 cm³/mol. The Balaban J connectivity index is 1.96. The van der Waals surface area contributed by atoms with E-state index in [4.69, 9.17) is 16.3 Å². The highest BCUT2D eigenvalue weighted by atomic mass is 79.9. The number of benzene rings is 1. The Kier molecular flexibility index (Phi) is 3.94. The lowest BCUT2D eigenvalue weighted by Crippen LogP contribution is -2.37. The van der Waals surface area contributed by atoms with Gasteiger partial charge in [-0.3, -0.25) is 4.79 Å². The monoisotopic (exact) mass is 317 g/mol. The third kappa shape index (κ3) is 3.61. The van der Waals surface area contributed by atoms with Crippen LogP contribution in [0.5, 0.6) is 5.75 Å².